The number of ether oxygens (including phenoxy) is 1. The van der Waals surface area contributed by atoms with Crippen molar-refractivity contribution in [3.05, 3.63) is 63.7 Å². The predicted molar refractivity (Wildman–Crippen MR) is 87.4 cm³/mol. The van der Waals surface area contributed by atoms with E-state index in [2.05, 4.69) is 4.72 Å². The van der Waals surface area contributed by atoms with E-state index in [9.17, 15) is 18.5 Å². The molecular formula is C16H16N2O5S. The highest BCUT2D eigenvalue weighted by Crippen LogP contribution is 2.33. The van der Waals surface area contributed by atoms with Gasteiger partial charge in [0.05, 0.1) is 22.5 Å². The van der Waals surface area contributed by atoms with Gasteiger partial charge in [0.25, 0.3) is 5.69 Å². The zero-order valence-corrected chi connectivity index (χ0v) is 13.7. The fourth-order valence-electron chi connectivity index (χ4n) is 2.71. The smallest absolute Gasteiger partial charge is 0.270 e. The van der Waals surface area contributed by atoms with Crippen LogP contribution in [0.25, 0.3) is 0 Å². The third kappa shape index (κ3) is 3.10. The summed E-state index contributed by atoms with van der Waals surface area (Å²) >= 11 is 0. The molecule has 0 aromatic heterocycles. The highest BCUT2D eigenvalue weighted by atomic mass is 32.2. The Bertz CT molecular complexity index is 895. The van der Waals surface area contributed by atoms with Crippen LogP contribution >= 0.6 is 0 Å². The van der Waals surface area contributed by atoms with Gasteiger partial charge in [0, 0.05) is 24.1 Å². The van der Waals surface area contributed by atoms with E-state index in [1.54, 1.807) is 13.0 Å². The second kappa shape index (κ2) is 6.21. The Hall–Kier alpha value is -2.45. The molecule has 0 fully saturated rings. The molecule has 0 radical (unpaired) electrons. The van der Waals surface area contributed by atoms with Crippen LogP contribution in [0.4, 0.5) is 5.69 Å². The minimum Gasteiger partial charge on any atom is -0.493 e. The largest absolute Gasteiger partial charge is 0.493 e. The van der Waals surface area contributed by atoms with Gasteiger partial charge < -0.3 is 4.74 Å². The van der Waals surface area contributed by atoms with Crippen LogP contribution in [0.5, 0.6) is 5.75 Å². The summed E-state index contributed by atoms with van der Waals surface area (Å²) in [5.74, 6) is 0.646. The molecule has 0 amide bonds. The Kier molecular flexibility index (Phi) is 4.25. The fourth-order valence-corrected chi connectivity index (χ4v) is 4.22. The quantitative estimate of drug-likeness (QED) is 0.676. The van der Waals surface area contributed by atoms with E-state index in [1.165, 1.54) is 12.1 Å². The number of sulfonamides is 1. The minimum atomic E-state index is -3.90. The Morgan fingerprint density at radius 1 is 1.25 bits per heavy atom. The molecule has 1 N–H and O–H groups in total. The van der Waals surface area contributed by atoms with Crippen molar-refractivity contribution in [2.75, 3.05) is 6.61 Å². The summed E-state index contributed by atoms with van der Waals surface area (Å²) in [5, 5.41) is 10.9. The molecule has 0 bridgehead atoms. The Labute approximate surface area is 139 Å². The maximum atomic E-state index is 12.7. The lowest BCUT2D eigenvalue weighted by Gasteiger charge is -2.26. The van der Waals surface area contributed by atoms with Gasteiger partial charge in [-0.05, 0) is 18.6 Å². The Morgan fingerprint density at radius 2 is 2.00 bits per heavy atom. The van der Waals surface area contributed by atoms with Crippen LogP contribution in [-0.4, -0.2) is 19.9 Å². The number of nitrogens with one attached hydrogen (secondary N) is 1. The molecule has 8 heteroatoms. The van der Waals surface area contributed by atoms with Crippen molar-refractivity contribution in [3.63, 3.8) is 0 Å². The van der Waals surface area contributed by atoms with E-state index in [4.69, 9.17) is 4.74 Å². The molecule has 7 nitrogen and oxygen atoms in total. The molecular weight excluding hydrogens is 332 g/mol. The Morgan fingerprint density at radius 3 is 2.75 bits per heavy atom. The third-order valence-electron chi connectivity index (χ3n) is 3.93. The summed E-state index contributed by atoms with van der Waals surface area (Å²) in [4.78, 5) is 10.2. The minimum absolute atomic E-state index is 0.0827. The molecule has 126 valence electrons. The van der Waals surface area contributed by atoms with Crippen LogP contribution in [0.2, 0.25) is 0 Å². The van der Waals surface area contributed by atoms with Gasteiger partial charge in [-0.15, -0.1) is 0 Å². The van der Waals surface area contributed by atoms with E-state index >= 15 is 0 Å². The molecule has 2 aromatic rings. The van der Waals surface area contributed by atoms with E-state index in [0.717, 1.165) is 11.6 Å². The number of rotatable bonds is 4. The molecule has 0 spiro atoms. The summed E-state index contributed by atoms with van der Waals surface area (Å²) in [6.07, 6.45) is 0.490. The summed E-state index contributed by atoms with van der Waals surface area (Å²) in [6.45, 7) is 2.01. The first-order valence-corrected chi connectivity index (χ1v) is 8.86. The number of hydrogen-bond acceptors (Lipinski definition) is 5. The normalized spacial score (nSPS) is 17.0. The van der Waals surface area contributed by atoms with Gasteiger partial charge in [0.2, 0.25) is 10.0 Å². The molecule has 1 aliphatic rings. The highest BCUT2D eigenvalue weighted by molar-refractivity contribution is 7.89. The molecule has 0 saturated heterocycles. The topological polar surface area (TPSA) is 98.5 Å². The molecule has 0 unspecified atom stereocenters. The van der Waals surface area contributed by atoms with Crippen molar-refractivity contribution in [1.82, 2.24) is 4.72 Å². The molecule has 1 atom stereocenters. The van der Waals surface area contributed by atoms with Crippen LogP contribution in [-0.2, 0) is 10.0 Å². The molecule has 0 saturated carbocycles. The number of hydrogen-bond donors (Lipinski definition) is 1. The van der Waals surface area contributed by atoms with E-state index in [1.807, 2.05) is 18.2 Å². The van der Waals surface area contributed by atoms with Gasteiger partial charge >= 0.3 is 0 Å². The lowest BCUT2D eigenvalue weighted by atomic mass is 10.0. The second-order valence-electron chi connectivity index (χ2n) is 5.56. The summed E-state index contributed by atoms with van der Waals surface area (Å²) in [7, 11) is -3.90. The standard InChI is InChI=1S/C16H16N2O5S/c1-11-6-7-12(18(19)20)10-16(11)24(21,22)17-14-8-9-23-15-5-3-2-4-13(14)15/h2-7,10,14,17H,8-9H2,1H3/t14-/m1/s1. The number of nitro benzene ring substituents is 1. The van der Waals surface area contributed by atoms with Crippen LogP contribution < -0.4 is 9.46 Å². The highest BCUT2D eigenvalue weighted by Gasteiger charge is 2.28. The van der Waals surface area contributed by atoms with Gasteiger partial charge in [-0.3, -0.25) is 10.1 Å². The average molecular weight is 348 g/mol. The van der Waals surface area contributed by atoms with Crippen LogP contribution in [0.3, 0.4) is 0 Å². The molecule has 24 heavy (non-hydrogen) atoms. The molecule has 2 aromatic carbocycles. The molecule has 3 rings (SSSR count). The number of aryl methyl sites for hydroxylation is 1. The van der Waals surface area contributed by atoms with Gasteiger partial charge in [0.1, 0.15) is 5.75 Å². The number of para-hydroxylation sites is 1. The van der Waals surface area contributed by atoms with Crippen molar-refractivity contribution in [1.29, 1.82) is 0 Å². The third-order valence-corrected chi connectivity index (χ3v) is 5.54. The van der Waals surface area contributed by atoms with Crippen molar-refractivity contribution in [2.45, 2.75) is 24.3 Å². The van der Waals surface area contributed by atoms with Gasteiger partial charge in [-0.1, -0.05) is 24.3 Å². The lowest BCUT2D eigenvalue weighted by Crippen LogP contribution is -2.32. The summed E-state index contributed by atoms with van der Waals surface area (Å²) in [6, 6.07) is 10.6. The molecule has 0 aliphatic carbocycles. The van der Waals surface area contributed by atoms with Crippen molar-refractivity contribution in [2.24, 2.45) is 0 Å². The second-order valence-corrected chi connectivity index (χ2v) is 7.24. The zero-order chi connectivity index (χ0) is 17.3. The van der Waals surface area contributed by atoms with Crippen molar-refractivity contribution >= 4 is 15.7 Å². The monoisotopic (exact) mass is 348 g/mol. The van der Waals surface area contributed by atoms with Crippen LogP contribution in [0.1, 0.15) is 23.6 Å². The SMILES string of the molecule is Cc1ccc([N+](=O)[O-])cc1S(=O)(=O)N[C@@H]1CCOc2ccccc21. The first-order valence-electron chi connectivity index (χ1n) is 7.37. The maximum absolute atomic E-state index is 12.7. The van der Waals surface area contributed by atoms with Gasteiger partial charge in [-0.25, -0.2) is 13.1 Å². The van der Waals surface area contributed by atoms with E-state index in [0.29, 0.717) is 24.3 Å². The summed E-state index contributed by atoms with van der Waals surface area (Å²) < 4.78 is 33.6. The van der Waals surface area contributed by atoms with E-state index < -0.39 is 21.0 Å². The number of non-ortho nitro benzene ring substituents is 1. The van der Waals surface area contributed by atoms with E-state index in [-0.39, 0.29) is 10.6 Å². The van der Waals surface area contributed by atoms with Gasteiger partial charge in [-0.2, -0.15) is 0 Å². The van der Waals surface area contributed by atoms with Crippen molar-refractivity contribution in [3.8, 4) is 5.75 Å². The number of fused-ring (bicyclic) bond motifs is 1. The van der Waals surface area contributed by atoms with Crippen LogP contribution in [0, 0.1) is 17.0 Å². The number of benzene rings is 2. The zero-order valence-electron chi connectivity index (χ0n) is 12.9. The number of nitrogens with zero attached hydrogens (tertiary/aromatic N) is 1. The van der Waals surface area contributed by atoms with Crippen LogP contribution in [0.15, 0.2) is 47.4 Å². The molecule has 1 heterocycles. The maximum Gasteiger partial charge on any atom is 0.270 e. The lowest BCUT2D eigenvalue weighted by molar-refractivity contribution is -0.385. The van der Waals surface area contributed by atoms with Crippen molar-refractivity contribution < 1.29 is 18.1 Å². The number of nitro groups is 1. The average Bonchev–Trinajstić information content (AvgIpc) is 2.55. The fraction of sp³-hybridized carbons (Fsp3) is 0.250. The first-order chi connectivity index (χ1) is 11.4. The first kappa shape index (κ1) is 16.4. The Balaban J connectivity index is 1.96. The predicted octanol–water partition coefficient (Wildman–Crippen LogP) is 2.71. The van der Waals surface area contributed by atoms with Gasteiger partial charge in [0.15, 0.2) is 0 Å². The summed E-state index contributed by atoms with van der Waals surface area (Å²) in [5.41, 5.74) is 0.956. The molecule has 1 aliphatic heterocycles.